The van der Waals surface area contributed by atoms with Gasteiger partial charge < -0.3 is 9.64 Å². The predicted molar refractivity (Wildman–Crippen MR) is 114 cm³/mol. The first-order chi connectivity index (χ1) is 13.1. The summed E-state index contributed by atoms with van der Waals surface area (Å²) in [7, 11) is 1.71. The molecule has 1 aromatic heterocycles. The van der Waals surface area contributed by atoms with E-state index in [-0.39, 0.29) is 0 Å². The smallest absolute Gasteiger partial charge is 0.213 e. The Kier molecular flexibility index (Phi) is 4.83. The van der Waals surface area contributed by atoms with Crippen molar-refractivity contribution in [2.75, 3.05) is 18.6 Å². The lowest BCUT2D eigenvalue weighted by molar-refractivity contribution is -0.669. The van der Waals surface area contributed by atoms with Crippen LogP contribution in [0, 0.1) is 6.92 Å². The van der Waals surface area contributed by atoms with Gasteiger partial charge in [-0.25, -0.2) is 0 Å². The Morgan fingerprint density at radius 3 is 2.67 bits per heavy atom. The first-order valence-electron chi connectivity index (χ1n) is 9.43. The van der Waals surface area contributed by atoms with Crippen molar-refractivity contribution in [2.24, 2.45) is 0 Å². The van der Waals surface area contributed by atoms with Crippen LogP contribution in [0.15, 0.2) is 58.5 Å². The van der Waals surface area contributed by atoms with Gasteiger partial charge in [0, 0.05) is 29.6 Å². The molecule has 2 heterocycles. The molecule has 0 fully saturated rings. The molecule has 1 aliphatic heterocycles. The fourth-order valence-corrected chi connectivity index (χ4v) is 4.85. The number of anilines is 1. The minimum absolute atomic E-state index is 0.894. The second-order valence-corrected chi connectivity index (χ2v) is 7.79. The second kappa shape index (κ2) is 7.28. The molecule has 0 N–H and O–H groups in total. The molecule has 4 rings (SSSR count). The zero-order valence-corrected chi connectivity index (χ0v) is 17.1. The summed E-state index contributed by atoms with van der Waals surface area (Å²) in [5.74, 6) is 0.894. The third-order valence-electron chi connectivity index (χ3n) is 5.06. The highest BCUT2D eigenvalue weighted by atomic mass is 32.2. The average Bonchev–Trinajstić information content (AvgIpc) is 3.03. The first kappa shape index (κ1) is 17.9. The van der Waals surface area contributed by atoms with Crippen molar-refractivity contribution >= 4 is 34.4 Å². The van der Waals surface area contributed by atoms with Gasteiger partial charge in [-0.1, -0.05) is 17.8 Å². The Balaban J connectivity index is 1.81. The monoisotopic (exact) mass is 377 g/mol. The number of thioether (sulfide) groups is 1. The van der Waals surface area contributed by atoms with E-state index < -0.39 is 0 Å². The second-order valence-electron chi connectivity index (χ2n) is 6.73. The molecule has 0 saturated carbocycles. The molecule has 27 heavy (non-hydrogen) atoms. The lowest BCUT2D eigenvalue weighted by Crippen LogP contribution is -2.37. The van der Waals surface area contributed by atoms with Crippen LogP contribution in [0.2, 0.25) is 0 Å². The summed E-state index contributed by atoms with van der Waals surface area (Å²) < 4.78 is 7.74. The van der Waals surface area contributed by atoms with E-state index >= 15 is 0 Å². The van der Waals surface area contributed by atoms with Crippen LogP contribution in [0.25, 0.3) is 17.0 Å². The molecular weight excluding hydrogens is 352 g/mol. The van der Waals surface area contributed by atoms with Gasteiger partial charge in [-0.05, 0) is 56.7 Å². The summed E-state index contributed by atoms with van der Waals surface area (Å²) in [6.45, 7) is 8.45. The number of aromatic nitrogens is 1. The summed E-state index contributed by atoms with van der Waals surface area (Å²) in [4.78, 5) is 3.74. The number of aryl methyl sites for hydroxylation is 2. The van der Waals surface area contributed by atoms with Gasteiger partial charge in [-0.2, -0.15) is 4.57 Å². The van der Waals surface area contributed by atoms with E-state index in [0.717, 1.165) is 18.8 Å². The minimum Gasteiger partial charge on any atom is -0.497 e. The molecule has 0 saturated heterocycles. The summed E-state index contributed by atoms with van der Waals surface area (Å²) in [6, 6.07) is 17.4. The molecule has 0 spiro atoms. The van der Waals surface area contributed by atoms with E-state index in [0.29, 0.717) is 0 Å². The third kappa shape index (κ3) is 3.19. The van der Waals surface area contributed by atoms with Crippen molar-refractivity contribution in [1.82, 2.24) is 0 Å². The van der Waals surface area contributed by atoms with Crippen LogP contribution in [0.5, 0.6) is 5.75 Å². The van der Waals surface area contributed by atoms with Crippen molar-refractivity contribution in [1.29, 1.82) is 0 Å². The van der Waals surface area contributed by atoms with Gasteiger partial charge >= 0.3 is 0 Å². The number of fused-ring (bicyclic) bond motifs is 2. The minimum atomic E-state index is 0.894. The summed E-state index contributed by atoms with van der Waals surface area (Å²) in [5.41, 5.74) is 5.08. The van der Waals surface area contributed by atoms with Crippen LogP contribution in [0.1, 0.15) is 25.1 Å². The average molecular weight is 378 g/mol. The topological polar surface area (TPSA) is 16.4 Å². The van der Waals surface area contributed by atoms with Crippen LogP contribution >= 0.6 is 11.8 Å². The third-order valence-corrected chi connectivity index (χ3v) is 6.17. The van der Waals surface area contributed by atoms with Crippen LogP contribution in [0.3, 0.4) is 0 Å². The maximum Gasteiger partial charge on any atom is 0.213 e. The Morgan fingerprint density at radius 2 is 1.93 bits per heavy atom. The normalized spacial score (nSPS) is 14.8. The number of nitrogens with zero attached hydrogens (tertiary/aromatic N) is 2. The van der Waals surface area contributed by atoms with Crippen molar-refractivity contribution in [3.05, 3.63) is 64.8 Å². The van der Waals surface area contributed by atoms with Crippen molar-refractivity contribution < 1.29 is 9.30 Å². The number of rotatable bonds is 4. The Hall–Kier alpha value is -2.46. The zero-order valence-electron chi connectivity index (χ0n) is 16.3. The Bertz CT molecular complexity index is 1040. The highest BCUT2D eigenvalue weighted by Crippen LogP contribution is 2.46. The number of benzene rings is 2. The number of hydrogen-bond acceptors (Lipinski definition) is 3. The number of methoxy groups -OCH3 is 1. The molecule has 0 radical (unpaired) electrons. The van der Waals surface area contributed by atoms with Gasteiger partial charge in [0.05, 0.1) is 23.2 Å². The van der Waals surface area contributed by atoms with E-state index in [1.807, 2.05) is 17.8 Å². The molecule has 4 heteroatoms. The molecule has 138 valence electrons. The van der Waals surface area contributed by atoms with E-state index in [1.54, 1.807) is 7.11 Å². The van der Waals surface area contributed by atoms with Crippen LogP contribution in [0.4, 0.5) is 5.69 Å². The van der Waals surface area contributed by atoms with E-state index in [2.05, 4.69) is 78.8 Å². The van der Waals surface area contributed by atoms with Gasteiger partial charge in [-0.3, -0.25) is 0 Å². The molecule has 3 aromatic rings. The molecule has 0 aliphatic carbocycles. The van der Waals surface area contributed by atoms with Crippen molar-refractivity contribution in [3.8, 4) is 5.75 Å². The highest BCUT2D eigenvalue weighted by Gasteiger charge is 2.25. The lowest BCUT2D eigenvalue weighted by Gasteiger charge is -2.18. The van der Waals surface area contributed by atoms with E-state index in [1.165, 1.54) is 37.8 Å². The maximum atomic E-state index is 5.38. The molecule has 2 aromatic carbocycles. The number of pyridine rings is 1. The summed E-state index contributed by atoms with van der Waals surface area (Å²) in [5, 5.41) is 2.48. The maximum absolute atomic E-state index is 5.38. The predicted octanol–water partition coefficient (Wildman–Crippen LogP) is 5.39. The fraction of sp³-hybridized carbons (Fsp3) is 0.261. The fourth-order valence-electron chi connectivity index (χ4n) is 3.69. The zero-order chi connectivity index (χ0) is 19.0. The largest absolute Gasteiger partial charge is 0.497 e. The highest BCUT2D eigenvalue weighted by molar-refractivity contribution is 8.03. The van der Waals surface area contributed by atoms with Crippen LogP contribution < -0.4 is 14.2 Å². The standard InChI is InChI=1S/C23H25N2OS/c1-5-24-18(9-8-17-14-19(26-4)10-11-20(17)24)15-23-25(6-2)21-13-16(3)7-12-22(21)27-23/h7-15H,5-6H2,1-4H3/q+1. The van der Waals surface area contributed by atoms with E-state index in [9.17, 15) is 0 Å². The van der Waals surface area contributed by atoms with Gasteiger partial charge in [0.15, 0.2) is 0 Å². The first-order valence-corrected chi connectivity index (χ1v) is 10.2. The van der Waals surface area contributed by atoms with Crippen LogP contribution in [-0.2, 0) is 6.54 Å². The summed E-state index contributed by atoms with van der Waals surface area (Å²) in [6.07, 6.45) is 2.32. The number of hydrogen-bond donors (Lipinski definition) is 0. The molecule has 0 bridgehead atoms. The molecule has 0 unspecified atom stereocenters. The Morgan fingerprint density at radius 1 is 1.07 bits per heavy atom. The molecular formula is C23H25N2OS+. The van der Waals surface area contributed by atoms with Gasteiger partial charge in [0.2, 0.25) is 11.2 Å². The summed E-state index contributed by atoms with van der Waals surface area (Å²) >= 11 is 1.86. The molecule has 0 amide bonds. The molecule has 0 atom stereocenters. The van der Waals surface area contributed by atoms with Crippen molar-refractivity contribution in [2.45, 2.75) is 32.2 Å². The SMILES string of the molecule is CCN1C(=Cc2ccc3cc(OC)ccc3[n+]2CC)Sc2ccc(C)cc21. The quantitative estimate of drug-likeness (QED) is 0.567. The van der Waals surface area contributed by atoms with Crippen molar-refractivity contribution in [3.63, 3.8) is 0 Å². The Labute approximate surface area is 165 Å². The lowest BCUT2D eigenvalue weighted by atomic mass is 10.1. The molecule has 1 aliphatic rings. The molecule has 3 nitrogen and oxygen atoms in total. The van der Waals surface area contributed by atoms with Crippen LogP contribution in [-0.4, -0.2) is 13.7 Å². The van der Waals surface area contributed by atoms with Gasteiger partial charge in [0.25, 0.3) is 0 Å². The van der Waals surface area contributed by atoms with E-state index in [4.69, 9.17) is 4.74 Å². The van der Waals surface area contributed by atoms with Gasteiger partial charge in [0.1, 0.15) is 12.3 Å². The van der Waals surface area contributed by atoms with Gasteiger partial charge in [-0.15, -0.1) is 0 Å². The number of ether oxygens (including phenoxy) is 1.